The second-order valence-electron chi connectivity index (χ2n) is 3.73. The Balaban J connectivity index is 2.20. The number of β-lactam (4-membered cyclic amide) rings is 1. The Labute approximate surface area is 107 Å². The highest BCUT2D eigenvalue weighted by atomic mass is 32.2. The Morgan fingerprint density at radius 1 is 1.50 bits per heavy atom. The van der Waals surface area contributed by atoms with Crippen LogP contribution in [-0.2, 0) is 23.9 Å². The number of aliphatic carboxylic acids is 1. The molecule has 0 radical (unpaired) electrons. The lowest BCUT2D eigenvalue weighted by molar-refractivity contribution is -0.161. The van der Waals surface area contributed by atoms with Crippen LogP contribution in [0.5, 0.6) is 0 Å². The molecular weight excluding hydrogens is 262 g/mol. The van der Waals surface area contributed by atoms with E-state index in [-0.39, 0.29) is 23.6 Å². The molecule has 7 nitrogen and oxygen atoms in total. The van der Waals surface area contributed by atoms with E-state index < -0.39 is 18.0 Å². The van der Waals surface area contributed by atoms with E-state index in [4.69, 9.17) is 14.6 Å². The van der Waals surface area contributed by atoms with Gasteiger partial charge in [0.05, 0.1) is 4.91 Å². The second-order valence-corrected chi connectivity index (χ2v) is 4.94. The predicted octanol–water partition coefficient (Wildman–Crippen LogP) is -0.224. The molecular formula is C10H11NO6S. The molecule has 2 aliphatic heterocycles. The van der Waals surface area contributed by atoms with Gasteiger partial charge < -0.3 is 14.6 Å². The molecule has 0 aliphatic carbocycles. The number of hydrogen-bond acceptors (Lipinski definition) is 6. The van der Waals surface area contributed by atoms with Gasteiger partial charge >= 0.3 is 11.9 Å². The largest absolute Gasteiger partial charge is 0.477 e. The zero-order chi connectivity index (χ0) is 13.4. The quantitative estimate of drug-likeness (QED) is 0.559. The third kappa shape index (κ3) is 1.87. The molecule has 98 valence electrons. The molecule has 1 amide bonds. The summed E-state index contributed by atoms with van der Waals surface area (Å²) in [5, 5.41) is 8.73. The molecule has 0 saturated carbocycles. The Morgan fingerprint density at radius 2 is 2.17 bits per heavy atom. The number of carboxylic acid groups (broad SMARTS) is 1. The van der Waals surface area contributed by atoms with Crippen LogP contribution in [0.2, 0.25) is 0 Å². The van der Waals surface area contributed by atoms with Crippen molar-refractivity contribution in [2.75, 3.05) is 13.7 Å². The Kier molecular flexibility index (Phi) is 3.31. The van der Waals surface area contributed by atoms with Crippen molar-refractivity contribution in [1.82, 2.24) is 4.90 Å². The zero-order valence-corrected chi connectivity index (χ0v) is 10.5. The standard InChI is InChI=1S/C10H11NO6S/c1-4(12)17-3-5-6(10(14)15)11-8(13)7(16-2)9(11)18-5/h7,9H,3H2,1-2H3,(H,14,15)/t7-,9+/m0/s1. The Hall–Kier alpha value is -1.54. The predicted molar refractivity (Wildman–Crippen MR) is 60.3 cm³/mol. The minimum absolute atomic E-state index is 0.121. The average molecular weight is 273 g/mol. The van der Waals surface area contributed by atoms with Crippen LogP contribution in [0.15, 0.2) is 10.6 Å². The van der Waals surface area contributed by atoms with Crippen LogP contribution in [0.3, 0.4) is 0 Å². The van der Waals surface area contributed by atoms with Crippen molar-refractivity contribution in [3.63, 3.8) is 0 Å². The summed E-state index contributed by atoms with van der Waals surface area (Å²) in [5.41, 5.74) is -0.121. The highest BCUT2D eigenvalue weighted by Gasteiger charge is 2.56. The summed E-state index contributed by atoms with van der Waals surface area (Å²) >= 11 is 1.18. The van der Waals surface area contributed by atoms with Gasteiger partial charge in [0.1, 0.15) is 17.7 Å². The lowest BCUT2D eigenvalue weighted by Gasteiger charge is -2.40. The van der Waals surface area contributed by atoms with E-state index in [1.807, 2.05) is 0 Å². The molecule has 0 aromatic heterocycles. The molecule has 2 aliphatic rings. The summed E-state index contributed by atoms with van der Waals surface area (Å²) < 4.78 is 9.75. The number of hydrogen-bond donors (Lipinski definition) is 1. The topological polar surface area (TPSA) is 93.1 Å². The minimum atomic E-state index is -1.21. The highest BCUT2D eigenvalue weighted by Crippen LogP contribution is 2.47. The van der Waals surface area contributed by atoms with Gasteiger partial charge in [-0.15, -0.1) is 0 Å². The number of methoxy groups -OCH3 is 1. The first kappa shape index (κ1) is 12.9. The fraction of sp³-hybridized carbons (Fsp3) is 0.500. The normalized spacial score (nSPS) is 25.9. The van der Waals surface area contributed by atoms with E-state index >= 15 is 0 Å². The lowest BCUT2D eigenvalue weighted by atomic mass is 10.1. The van der Waals surface area contributed by atoms with Gasteiger partial charge in [-0.2, -0.15) is 0 Å². The number of carbonyl (C=O) groups excluding carboxylic acids is 2. The molecule has 1 saturated heterocycles. The molecule has 0 unspecified atom stereocenters. The van der Waals surface area contributed by atoms with Crippen molar-refractivity contribution in [3.8, 4) is 0 Å². The number of carboxylic acids is 1. The Bertz CT molecular complexity index is 459. The minimum Gasteiger partial charge on any atom is -0.477 e. The van der Waals surface area contributed by atoms with Crippen LogP contribution < -0.4 is 0 Å². The van der Waals surface area contributed by atoms with Crippen molar-refractivity contribution < 1.29 is 29.0 Å². The molecule has 0 aromatic carbocycles. The molecule has 1 fully saturated rings. The zero-order valence-electron chi connectivity index (χ0n) is 9.71. The maximum atomic E-state index is 11.7. The summed E-state index contributed by atoms with van der Waals surface area (Å²) in [5.74, 6) is -2.10. The number of nitrogens with zero attached hydrogens (tertiary/aromatic N) is 1. The average Bonchev–Trinajstić information content (AvgIpc) is 2.62. The summed E-state index contributed by atoms with van der Waals surface area (Å²) in [7, 11) is 1.39. The Morgan fingerprint density at radius 3 is 2.67 bits per heavy atom. The van der Waals surface area contributed by atoms with Crippen LogP contribution in [0.4, 0.5) is 0 Å². The van der Waals surface area contributed by atoms with Crippen LogP contribution in [0, 0.1) is 0 Å². The fourth-order valence-electron chi connectivity index (χ4n) is 1.83. The number of fused-ring (bicyclic) bond motifs is 1. The van der Waals surface area contributed by atoms with Gasteiger partial charge in [-0.1, -0.05) is 11.8 Å². The monoisotopic (exact) mass is 273 g/mol. The van der Waals surface area contributed by atoms with Crippen LogP contribution in [0.25, 0.3) is 0 Å². The fourth-order valence-corrected chi connectivity index (χ4v) is 3.22. The van der Waals surface area contributed by atoms with Crippen molar-refractivity contribution in [1.29, 1.82) is 0 Å². The first-order valence-electron chi connectivity index (χ1n) is 5.09. The molecule has 8 heteroatoms. The van der Waals surface area contributed by atoms with E-state index in [9.17, 15) is 14.4 Å². The van der Waals surface area contributed by atoms with Crippen molar-refractivity contribution in [3.05, 3.63) is 10.6 Å². The first-order chi connectivity index (χ1) is 8.47. The van der Waals surface area contributed by atoms with E-state index in [0.717, 1.165) is 0 Å². The first-order valence-corrected chi connectivity index (χ1v) is 5.97. The third-order valence-corrected chi connectivity index (χ3v) is 3.92. The number of carbonyl (C=O) groups is 3. The summed E-state index contributed by atoms with van der Waals surface area (Å²) in [6, 6.07) is 0. The third-order valence-electron chi connectivity index (χ3n) is 2.63. The van der Waals surface area contributed by atoms with Gasteiger partial charge in [0.15, 0.2) is 6.10 Å². The molecule has 2 atom stereocenters. The number of ether oxygens (including phenoxy) is 2. The van der Waals surface area contributed by atoms with Gasteiger partial charge in [0, 0.05) is 14.0 Å². The SMILES string of the molecule is CO[C@H]1C(=O)N2C(C(=O)O)=C(COC(C)=O)S[C@H]12. The van der Waals surface area contributed by atoms with Crippen LogP contribution >= 0.6 is 11.8 Å². The number of thioether (sulfide) groups is 1. The van der Waals surface area contributed by atoms with Crippen LogP contribution in [0.1, 0.15) is 6.92 Å². The van der Waals surface area contributed by atoms with Gasteiger partial charge in [-0.3, -0.25) is 14.5 Å². The lowest BCUT2D eigenvalue weighted by Crippen LogP contribution is -2.61. The number of esters is 1. The van der Waals surface area contributed by atoms with E-state index in [0.29, 0.717) is 4.91 Å². The van der Waals surface area contributed by atoms with Crippen molar-refractivity contribution in [2.45, 2.75) is 18.4 Å². The van der Waals surface area contributed by atoms with Gasteiger partial charge in [-0.05, 0) is 0 Å². The van der Waals surface area contributed by atoms with Crippen LogP contribution in [-0.4, -0.2) is 53.0 Å². The smallest absolute Gasteiger partial charge is 0.353 e. The molecule has 1 N–H and O–H groups in total. The number of amides is 1. The van der Waals surface area contributed by atoms with E-state index in [1.165, 1.54) is 30.7 Å². The van der Waals surface area contributed by atoms with Crippen molar-refractivity contribution >= 4 is 29.6 Å². The summed E-state index contributed by atoms with van der Waals surface area (Å²) in [6.07, 6.45) is -0.640. The molecule has 18 heavy (non-hydrogen) atoms. The second kappa shape index (κ2) is 4.62. The molecule has 0 spiro atoms. The number of rotatable bonds is 4. The molecule has 2 heterocycles. The van der Waals surface area contributed by atoms with E-state index in [2.05, 4.69) is 0 Å². The summed E-state index contributed by atoms with van der Waals surface area (Å²) in [6.45, 7) is 1.09. The maximum Gasteiger partial charge on any atom is 0.353 e. The molecule has 2 rings (SSSR count). The van der Waals surface area contributed by atoms with Gasteiger partial charge in [0.2, 0.25) is 0 Å². The molecule has 0 aromatic rings. The summed E-state index contributed by atoms with van der Waals surface area (Å²) in [4.78, 5) is 35.1. The van der Waals surface area contributed by atoms with Crippen molar-refractivity contribution in [2.24, 2.45) is 0 Å². The maximum absolute atomic E-state index is 11.7. The van der Waals surface area contributed by atoms with Gasteiger partial charge in [-0.25, -0.2) is 4.79 Å². The highest BCUT2D eigenvalue weighted by molar-refractivity contribution is 8.04. The molecule has 0 bridgehead atoms. The van der Waals surface area contributed by atoms with Gasteiger partial charge in [0.25, 0.3) is 5.91 Å². The van der Waals surface area contributed by atoms with E-state index in [1.54, 1.807) is 0 Å².